The van der Waals surface area contributed by atoms with Gasteiger partial charge in [-0.25, -0.2) is 0 Å². The van der Waals surface area contributed by atoms with Crippen LogP contribution in [0.1, 0.15) is 38.7 Å². The maximum atomic E-state index is 11.7. The van der Waals surface area contributed by atoms with Crippen LogP contribution in [0.3, 0.4) is 0 Å². The SMILES string of the molecule is CCOC(=O)C(CC)c1ccc(NC(C)=O)cc1. The predicted octanol–water partition coefficient (Wildman–Crippen LogP) is 2.70. The molecule has 0 saturated carbocycles. The number of rotatable bonds is 5. The molecule has 1 atom stereocenters. The molecule has 98 valence electrons. The highest BCUT2D eigenvalue weighted by molar-refractivity contribution is 5.88. The maximum Gasteiger partial charge on any atom is 0.313 e. The fraction of sp³-hybridized carbons (Fsp3) is 0.429. The molecule has 1 aromatic carbocycles. The zero-order valence-corrected chi connectivity index (χ0v) is 11.0. The van der Waals surface area contributed by atoms with E-state index in [9.17, 15) is 9.59 Å². The molecule has 1 N–H and O–H groups in total. The minimum atomic E-state index is -0.240. The molecule has 0 aliphatic carbocycles. The minimum Gasteiger partial charge on any atom is -0.466 e. The molecule has 18 heavy (non-hydrogen) atoms. The molecule has 0 fully saturated rings. The van der Waals surface area contributed by atoms with Crippen LogP contribution in [0.5, 0.6) is 0 Å². The topological polar surface area (TPSA) is 55.4 Å². The van der Waals surface area contributed by atoms with Crippen molar-refractivity contribution >= 4 is 17.6 Å². The third-order valence-corrected chi connectivity index (χ3v) is 2.61. The molecule has 1 rings (SSSR count). The highest BCUT2D eigenvalue weighted by Gasteiger charge is 2.19. The van der Waals surface area contributed by atoms with Crippen molar-refractivity contribution in [3.05, 3.63) is 29.8 Å². The molecule has 0 radical (unpaired) electrons. The Morgan fingerprint density at radius 1 is 1.22 bits per heavy atom. The summed E-state index contributed by atoms with van der Waals surface area (Å²) in [6, 6.07) is 7.27. The molecule has 4 heteroatoms. The van der Waals surface area contributed by atoms with Crippen LogP contribution >= 0.6 is 0 Å². The molecule has 4 nitrogen and oxygen atoms in total. The Bertz CT molecular complexity index is 412. The molecular weight excluding hydrogens is 230 g/mol. The Morgan fingerprint density at radius 3 is 2.28 bits per heavy atom. The van der Waals surface area contributed by atoms with Crippen LogP contribution in [0.2, 0.25) is 0 Å². The first kappa shape index (κ1) is 14.2. The lowest BCUT2D eigenvalue weighted by atomic mass is 9.96. The van der Waals surface area contributed by atoms with Gasteiger partial charge < -0.3 is 10.1 Å². The second kappa shape index (κ2) is 6.79. The third kappa shape index (κ3) is 3.87. The molecule has 1 unspecified atom stereocenters. The second-order valence-electron chi connectivity index (χ2n) is 4.02. The van der Waals surface area contributed by atoms with Gasteiger partial charge in [0.1, 0.15) is 0 Å². The second-order valence-corrected chi connectivity index (χ2v) is 4.02. The third-order valence-electron chi connectivity index (χ3n) is 2.61. The van der Waals surface area contributed by atoms with Crippen molar-refractivity contribution in [2.24, 2.45) is 0 Å². The van der Waals surface area contributed by atoms with E-state index in [0.717, 1.165) is 11.3 Å². The van der Waals surface area contributed by atoms with Crippen LogP contribution in [0.15, 0.2) is 24.3 Å². The van der Waals surface area contributed by atoms with Crippen molar-refractivity contribution in [1.82, 2.24) is 0 Å². The fourth-order valence-corrected chi connectivity index (χ4v) is 1.78. The average Bonchev–Trinajstić information content (AvgIpc) is 2.32. The lowest BCUT2D eigenvalue weighted by molar-refractivity contribution is -0.145. The molecule has 1 amide bonds. The van der Waals surface area contributed by atoms with E-state index in [-0.39, 0.29) is 17.8 Å². The summed E-state index contributed by atoms with van der Waals surface area (Å²) in [4.78, 5) is 22.6. The van der Waals surface area contributed by atoms with E-state index in [1.165, 1.54) is 6.92 Å². The first-order valence-corrected chi connectivity index (χ1v) is 6.12. The largest absolute Gasteiger partial charge is 0.466 e. The Balaban J connectivity index is 2.81. The van der Waals surface area contributed by atoms with Crippen LogP contribution in [0, 0.1) is 0 Å². The van der Waals surface area contributed by atoms with E-state index in [2.05, 4.69) is 5.32 Å². The number of hydrogen-bond acceptors (Lipinski definition) is 3. The number of esters is 1. The highest BCUT2D eigenvalue weighted by Crippen LogP contribution is 2.22. The van der Waals surface area contributed by atoms with Gasteiger partial charge in [-0.2, -0.15) is 0 Å². The number of carbonyl (C=O) groups excluding carboxylic acids is 2. The summed E-state index contributed by atoms with van der Waals surface area (Å²) < 4.78 is 5.04. The van der Waals surface area contributed by atoms with Gasteiger partial charge in [-0.15, -0.1) is 0 Å². The molecule has 1 aromatic rings. The summed E-state index contributed by atoms with van der Waals surface area (Å²) in [5.74, 6) is -0.552. The summed E-state index contributed by atoms with van der Waals surface area (Å²) in [6.45, 7) is 5.59. The number of nitrogens with one attached hydrogen (secondary N) is 1. The van der Waals surface area contributed by atoms with Crippen LogP contribution in [0.4, 0.5) is 5.69 Å². The van der Waals surface area contributed by atoms with Crippen molar-refractivity contribution in [2.75, 3.05) is 11.9 Å². The Labute approximate surface area is 107 Å². The normalized spacial score (nSPS) is 11.7. The van der Waals surface area contributed by atoms with Gasteiger partial charge in [0.05, 0.1) is 12.5 Å². The van der Waals surface area contributed by atoms with E-state index in [0.29, 0.717) is 13.0 Å². The Kier molecular flexibility index (Phi) is 5.36. The van der Waals surface area contributed by atoms with Gasteiger partial charge in [0.15, 0.2) is 0 Å². The van der Waals surface area contributed by atoms with Gasteiger partial charge in [0, 0.05) is 12.6 Å². The van der Waals surface area contributed by atoms with E-state index >= 15 is 0 Å². The lowest BCUT2D eigenvalue weighted by Crippen LogP contribution is -2.15. The standard InChI is InChI=1S/C14H19NO3/c1-4-13(14(17)18-5-2)11-6-8-12(9-7-11)15-10(3)16/h6-9,13H,4-5H2,1-3H3,(H,15,16). The first-order valence-electron chi connectivity index (χ1n) is 6.12. The van der Waals surface area contributed by atoms with Gasteiger partial charge in [0.2, 0.25) is 5.91 Å². The van der Waals surface area contributed by atoms with Crippen molar-refractivity contribution in [1.29, 1.82) is 0 Å². The summed E-state index contributed by atoms with van der Waals surface area (Å²) >= 11 is 0. The van der Waals surface area contributed by atoms with Gasteiger partial charge in [0.25, 0.3) is 0 Å². The minimum absolute atomic E-state index is 0.111. The van der Waals surface area contributed by atoms with Crippen molar-refractivity contribution in [3.8, 4) is 0 Å². The van der Waals surface area contributed by atoms with Crippen LogP contribution in [-0.2, 0) is 14.3 Å². The summed E-state index contributed by atoms with van der Waals surface area (Å²) in [5, 5.41) is 2.69. The number of anilines is 1. The van der Waals surface area contributed by atoms with Gasteiger partial charge in [-0.1, -0.05) is 19.1 Å². The quantitative estimate of drug-likeness (QED) is 0.816. The molecule has 0 saturated heterocycles. The van der Waals surface area contributed by atoms with Crippen molar-refractivity contribution in [2.45, 2.75) is 33.1 Å². The van der Waals surface area contributed by atoms with Gasteiger partial charge in [-0.3, -0.25) is 9.59 Å². The average molecular weight is 249 g/mol. The molecule has 0 heterocycles. The lowest BCUT2D eigenvalue weighted by Gasteiger charge is -2.14. The summed E-state index contributed by atoms with van der Waals surface area (Å²) in [6.07, 6.45) is 0.693. The maximum absolute atomic E-state index is 11.7. The summed E-state index contributed by atoms with van der Waals surface area (Å²) in [5.41, 5.74) is 1.63. The fourth-order valence-electron chi connectivity index (χ4n) is 1.78. The first-order chi connectivity index (χ1) is 8.58. The molecule has 0 bridgehead atoms. The zero-order valence-electron chi connectivity index (χ0n) is 11.0. The van der Waals surface area contributed by atoms with E-state index in [1.807, 2.05) is 19.1 Å². The smallest absolute Gasteiger partial charge is 0.313 e. The predicted molar refractivity (Wildman–Crippen MR) is 70.4 cm³/mol. The number of benzene rings is 1. The number of ether oxygens (including phenoxy) is 1. The van der Waals surface area contributed by atoms with Crippen LogP contribution < -0.4 is 5.32 Å². The molecule has 0 spiro atoms. The number of amides is 1. The number of carbonyl (C=O) groups is 2. The monoisotopic (exact) mass is 249 g/mol. The molecular formula is C14H19NO3. The van der Waals surface area contributed by atoms with Crippen molar-refractivity contribution in [3.63, 3.8) is 0 Å². The molecule has 0 aliphatic rings. The number of hydrogen-bond donors (Lipinski definition) is 1. The zero-order chi connectivity index (χ0) is 13.5. The van der Waals surface area contributed by atoms with Crippen molar-refractivity contribution < 1.29 is 14.3 Å². The highest BCUT2D eigenvalue weighted by atomic mass is 16.5. The van der Waals surface area contributed by atoms with E-state index in [1.54, 1.807) is 19.1 Å². The molecule has 0 aromatic heterocycles. The van der Waals surface area contributed by atoms with E-state index < -0.39 is 0 Å². The van der Waals surface area contributed by atoms with Gasteiger partial charge in [-0.05, 0) is 31.0 Å². The van der Waals surface area contributed by atoms with Gasteiger partial charge >= 0.3 is 5.97 Å². The Morgan fingerprint density at radius 2 is 1.83 bits per heavy atom. The summed E-state index contributed by atoms with van der Waals surface area (Å²) in [7, 11) is 0. The molecule has 0 aliphatic heterocycles. The van der Waals surface area contributed by atoms with E-state index in [4.69, 9.17) is 4.74 Å². The Hall–Kier alpha value is -1.84. The van der Waals surface area contributed by atoms with Crippen LogP contribution in [-0.4, -0.2) is 18.5 Å². The van der Waals surface area contributed by atoms with Crippen LogP contribution in [0.25, 0.3) is 0 Å².